The molecule has 2 rings (SSSR count). The van der Waals surface area contributed by atoms with Gasteiger partial charge in [-0.25, -0.2) is 0 Å². The van der Waals surface area contributed by atoms with E-state index >= 15 is 0 Å². The van der Waals surface area contributed by atoms with Crippen LogP contribution in [0.25, 0.3) is 0 Å². The molecule has 2 aromatic rings. The van der Waals surface area contributed by atoms with Gasteiger partial charge in [-0.2, -0.15) is 0 Å². The van der Waals surface area contributed by atoms with Gasteiger partial charge in [0.15, 0.2) is 0 Å². The first-order chi connectivity index (χ1) is 11.5. The quantitative estimate of drug-likeness (QED) is 0.648. The fourth-order valence-corrected chi connectivity index (χ4v) is 2.39. The number of hydrogen-bond acceptors (Lipinski definition) is 3. The summed E-state index contributed by atoms with van der Waals surface area (Å²) >= 11 is 0. The van der Waals surface area contributed by atoms with Crippen LogP contribution in [0.5, 0.6) is 0 Å². The van der Waals surface area contributed by atoms with Crippen LogP contribution in [-0.2, 0) is 12.8 Å². The second-order valence-electron chi connectivity index (χ2n) is 5.73. The van der Waals surface area contributed by atoms with Gasteiger partial charge in [-0.1, -0.05) is 24.3 Å². The normalized spacial score (nSPS) is 10.3. The van der Waals surface area contributed by atoms with Gasteiger partial charge in [0, 0.05) is 16.8 Å². The average molecular weight is 323 g/mol. The maximum Gasteiger partial charge on any atom is 0.248 e. The molecule has 0 radical (unpaired) electrons. The number of carbonyl (C=O) groups is 2. The van der Waals surface area contributed by atoms with Crippen LogP contribution in [0.15, 0.2) is 48.5 Å². The predicted octanol–water partition coefficient (Wildman–Crippen LogP) is 2.47. The first-order valence-electron chi connectivity index (χ1n) is 7.79. The van der Waals surface area contributed by atoms with Gasteiger partial charge in [-0.05, 0) is 61.1 Å². The molecule has 24 heavy (non-hydrogen) atoms. The van der Waals surface area contributed by atoms with E-state index in [1.165, 1.54) is 0 Å². The van der Waals surface area contributed by atoms with Crippen molar-refractivity contribution in [1.29, 1.82) is 5.41 Å². The molecule has 0 aliphatic rings. The molecule has 0 aliphatic carbocycles. The molecule has 0 aliphatic heterocycles. The lowest BCUT2D eigenvalue weighted by molar-refractivity contribution is 0.0992. The lowest BCUT2D eigenvalue weighted by Gasteiger charge is -2.06. The Hall–Kier alpha value is -2.95. The van der Waals surface area contributed by atoms with E-state index in [2.05, 4.69) is 0 Å². The van der Waals surface area contributed by atoms with E-state index in [0.29, 0.717) is 29.7 Å². The molecule has 5 nitrogen and oxygen atoms in total. The molecule has 0 bridgehead atoms. The molecular weight excluding hydrogens is 302 g/mol. The Kier molecular flexibility index (Phi) is 5.84. The summed E-state index contributed by atoms with van der Waals surface area (Å²) in [5, 5.41) is 8.06. The minimum absolute atomic E-state index is 0.434. The zero-order valence-electron chi connectivity index (χ0n) is 13.4. The van der Waals surface area contributed by atoms with Crippen LogP contribution in [0.3, 0.4) is 0 Å². The third-order valence-corrected chi connectivity index (χ3v) is 3.91. The Bertz CT molecular complexity index is 671. The van der Waals surface area contributed by atoms with Crippen LogP contribution in [-0.4, -0.2) is 17.5 Å². The van der Waals surface area contributed by atoms with Crippen LogP contribution in [0.2, 0.25) is 0 Å². The first-order valence-corrected chi connectivity index (χ1v) is 7.79. The number of benzene rings is 2. The minimum atomic E-state index is -0.434. The van der Waals surface area contributed by atoms with Gasteiger partial charge in [0.1, 0.15) is 0 Å². The summed E-state index contributed by atoms with van der Waals surface area (Å²) in [5.74, 6) is -0.867. The van der Waals surface area contributed by atoms with Crippen molar-refractivity contribution < 1.29 is 9.59 Å². The second-order valence-corrected chi connectivity index (χ2v) is 5.73. The highest BCUT2D eigenvalue weighted by Crippen LogP contribution is 2.10. The fourth-order valence-electron chi connectivity index (χ4n) is 2.39. The van der Waals surface area contributed by atoms with Crippen molar-refractivity contribution in [2.24, 2.45) is 11.5 Å². The molecule has 0 heterocycles. The maximum atomic E-state index is 11.0. The van der Waals surface area contributed by atoms with E-state index in [4.69, 9.17) is 16.9 Å². The maximum absolute atomic E-state index is 11.0. The number of aryl methyl sites for hydroxylation is 2. The number of rotatable bonds is 8. The van der Waals surface area contributed by atoms with Gasteiger partial charge >= 0.3 is 0 Å². The zero-order chi connectivity index (χ0) is 17.5. The third-order valence-electron chi connectivity index (χ3n) is 3.91. The van der Waals surface area contributed by atoms with Crippen molar-refractivity contribution in [1.82, 2.24) is 0 Å². The monoisotopic (exact) mass is 323 g/mol. The van der Waals surface area contributed by atoms with E-state index < -0.39 is 11.8 Å². The zero-order valence-corrected chi connectivity index (χ0v) is 13.4. The second kappa shape index (κ2) is 8.06. The molecule has 0 fully saturated rings. The molecule has 2 aromatic carbocycles. The Morgan fingerprint density at radius 3 is 1.33 bits per heavy atom. The third kappa shape index (κ3) is 5.05. The molecule has 0 saturated carbocycles. The summed E-state index contributed by atoms with van der Waals surface area (Å²) in [7, 11) is 0. The summed E-state index contributed by atoms with van der Waals surface area (Å²) < 4.78 is 0. The van der Waals surface area contributed by atoms with Crippen molar-refractivity contribution in [2.45, 2.75) is 25.7 Å². The van der Waals surface area contributed by atoms with Gasteiger partial charge in [-0.15, -0.1) is 0 Å². The average Bonchev–Trinajstić information content (AvgIpc) is 2.58. The van der Waals surface area contributed by atoms with Gasteiger partial charge in [0.25, 0.3) is 0 Å². The van der Waals surface area contributed by atoms with Crippen molar-refractivity contribution in [3.63, 3.8) is 0 Å². The Labute approximate surface area is 141 Å². The summed E-state index contributed by atoms with van der Waals surface area (Å²) in [4.78, 5) is 22.0. The smallest absolute Gasteiger partial charge is 0.248 e. The number of nitrogens with two attached hydrogens (primary N) is 2. The van der Waals surface area contributed by atoms with Gasteiger partial charge in [0.05, 0.1) is 0 Å². The molecule has 0 atom stereocenters. The molecular formula is C19H21N3O2. The summed E-state index contributed by atoms with van der Waals surface area (Å²) in [6, 6.07) is 14.3. The van der Waals surface area contributed by atoms with Crippen LogP contribution in [0.1, 0.15) is 44.7 Å². The summed E-state index contributed by atoms with van der Waals surface area (Å²) in [6.07, 6.45) is 2.88. The number of primary amides is 2. The highest BCUT2D eigenvalue weighted by molar-refractivity contribution is 5.93. The Morgan fingerprint density at radius 2 is 1.04 bits per heavy atom. The largest absolute Gasteiger partial charge is 0.366 e. The van der Waals surface area contributed by atoms with E-state index in [-0.39, 0.29) is 0 Å². The summed E-state index contributed by atoms with van der Waals surface area (Å²) in [5.41, 5.74) is 14.2. The van der Waals surface area contributed by atoms with Crippen molar-refractivity contribution in [3.05, 3.63) is 70.8 Å². The molecule has 5 N–H and O–H groups in total. The summed E-state index contributed by atoms with van der Waals surface area (Å²) in [6.45, 7) is 0. The number of hydrogen-bond donors (Lipinski definition) is 3. The van der Waals surface area contributed by atoms with Gasteiger partial charge in [0.2, 0.25) is 11.8 Å². The van der Waals surface area contributed by atoms with Gasteiger partial charge < -0.3 is 16.9 Å². The lowest BCUT2D eigenvalue weighted by Crippen LogP contribution is -2.10. The number of amides is 2. The molecule has 5 heteroatoms. The van der Waals surface area contributed by atoms with E-state index in [9.17, 15) is 9.59 Å². The molecule has 2 amide bonds. The lowest BCUT2D eigenvalue weighted by atomic mass is 10.0. The molecule has 0 spiro atoms. The van der Waals surface area contributed by atoms with Gasteiger partial charge in [-0.3, -0.25) is 9.59 Å². The Balaban J connectivity index is 1.78. The highest BCUT2D eigenvalue weighted by Gasteiger charge is 2.04. The van der Waals surface area contributed by atoms with Crippen molar-refractivity contribution in [2.75, 3.05) is 0 Å². The topological polar surface area (TPSA) is 110 Å². The standard InChI is InChI=1S/C19H21N3O2/c20-17(11-5-13-1-7-15(8-2-13)18(21)23)12-6-14-3-9-16(10-4-14)19(22)24/h1-4,7-10,20H,5-6,11-12H2,(H2,21,23)(H2,22,24). The van der Waals surface area contributed by atoms with Crippen LogP contribution >= 0.6 is 0 Å². The SMILES string of the molecule is N=C(CCc1ccc(C(N)=O)cc1)CCc1ccc(C(N)=O)cc1. The number of nitrogens with one attached hydrogen (secondary N) is 1. The molecule has 0 unspecified atom stereocenters. The molecule has 0 aromatic heterocycles. The predicted molar refractivity (Wildman–Crippen MR) is 94.3 cm³/mol. The van der Waals surface area contributed by atoms with Crippen molar-refractivity contribution >= 4 is 17.5 Å². The number of carbonyl (C=O) groups excluding carboxylic acids is 2. The van der Waals surface area contributed by atoms with Crippen molar-refractivity contribution in [3.8, 4) is 0 Å². The van der Waals surface area contributed by atoms with E-state index in [0.717, 1.165) is 24.0 Å². The fraction of sp³-hybridized carbons (Fsp3) is 0.211. The minimum Gasteiger partial charge on any atom is -0.366 e. The Morgan fingerprint density at radius 1 is 0.708 bits per heavy atom. The first kappa shape index (κ1) is 17.4. The van der Waals surface area contributed by atoms with Crippen LogP contribution in [0, 0.1) is 5.41 Å². The van der Waals surface area contributed by atoms with E-state index in [1.54, 1.807) is 24.3 Å². The molecule has 0 saturated heterocycles. The molecule has 124 valence electrons. The van der Waals surface area contributed by atoms with Crippen LogP contribution < -0.4 is 11.5 Å². The van der Waals surface area contributed by atoms with E-state index in [1.807, 2.05) is 24.3 Å². The highest BCUT2D eigenvalue weighted by atomic mass is 16.1. The van der Waals surface area contributed by atoms with Crippen LogP contribution in [0.4, 0.5) is 0 Å².